The Labute approximate surface area is 135 Å². The minimum Gasteiger partial charge on any atom is -0.297 e. The average Bonchev–Trinajstić information content (AvgIpc) is 2.91. The van der Waals surface area contributed by atoms with E-state index in [0.717, 1.165) is 6.08 Å². The molecule has 2 atom stereocenters. The van der Waals surface area contributed by atoms with E-state index in [-0.39, 0.29) is 42.2 Å². The van der Waals surface area contributed by atoms with Crippen molar-refractivity contribution in [2.75, 3.05) is 13.1 Å². The smallest absolute Gasteiger partial charge is 0.244 e. The van der Waals surface area contributed by atoms with Crippen LogP contribution in [0, 0.1) is 5.92 Å². The lowest BCUT2D eigenvalue weighted by molar-refractivity contribution is -0.163. The van der Waals surface area contributed by atoms with Gasteiger partial charge in [0.15, 0.2) is 17.4 Å². The number of rotatable bonds is 4. The quantitative estimate of drug-likeness (QED) is 0.589. The van der Waals surface area contributed by atoms with Gasteiger partial charge in [0.2, 0.25) is 5.91 Å². The van der Waals surface area contributed by atoms with E-state index in [1.807, 2.05) is 6.92 Å². The molecule has 4 nitrogen and oxygen atoms in total. The third-order valence-corrected chi connectivity index (χ3v) is 4.21. The summed E-state index contributed by atoms with van der Waals surface area (Å²) in [7, 11) is 0. The van der Waals surface area contributed by atoms with Gasteiger partial charge >= 0.3 is 0 Å². The van der Waals surface area contributed by atoms with Crippen LogP contribution in [-0.2, 0) is 9.59 Å². The standard InChI is InChI=1S/C17H22F2N2O2/c1-4-6-12(17(19)13(18)5-2)10-21-16(23)8-15(22)14-7-11(3)9-20(14)21/h4-6,11,14H,7-10H2,1-3H3/b6-4-,13-5+,17-12-. The normalized spacial score (nSPS) is 27.7. The molecule has 23 heavy (non-hydrogen) atoms. The molecule has 0 spiro atoms. The average molecular weight is 324 g/mol. The number of allylic oxidation sites excluding steroid dienone is 4. The molecule has 0 saturated carbocycles. The molecule has 0 bridgehead atoms. The monoisotopic (exact) mass is 324 g/mol. The Bertz CT molecular complexity index is 595. The molecule has 6 heteroatoms. The maximum atomic E-state index is 14.2. The fraction of sp³-hybridized carbons (Fsp3) is 0.529. The van der Waals surface area contributed by atoms with Gasteiger partial charge in [0.25, 0.3) is 0 Å². The lowest BCUT2D eigenvalue weighted by atomic mass is 10.0. The van der Waals surface area contributed by atoms with E-state index in [2.05, 4.69) is 0 Å². The molecule has 2 aliphatic rings. The molecule has 2 unspecified atom stereocenters. The number of hydrazine groups is 1. The highest BCUT2D eigenvalue weighted by Gasteiger charge is 2.44. The summed E-state index contributed by atoms with van der Waals surface area (Å²) in [6.07, 6.45) is 4.61. The summed E-state index contributed by atoms with van der Waals surface area (Å²) in [6.45, 7) is 5.61. The van der Waals surface area contributed by atoms with E-state index in [1.165, 1.54) is 18.0 Å². The third-order valence-electron chi connectivity index (χ3n) is 4.21. The van der Waals surface area contributed by atoms with Crippen LogP contribution >= 0.6 is 0 Å². The molecule has 2 fully saturated rings. The number of ketones is 1. The van der Waals surface area contributed by atoms with Crippen LogP contribution in [-0.4, -0.2) is 40.8 Å². The van der Waals surface area contributed by atoms with Gasteiger partial charge in [0.05, 0.1) is 19.0 Å². The van der Waals surface area contributed by atoms with Gasteiger partial charge in [0.1, 0.15) is 0 Å². The Kier molecular flexibility index (Phi) is 5.46. The van der Waals surface area contributed by atoms with Crippen molar-refractivity contribution in [2.24, 2.45) is 5.92 Å². The lowest BCUT2D eigenvalue weighted by Gasteiger charge is -2.39. The maximum Gasteiger partial charge on any atom is 0.244 e. The molecule has 2 rings (SSSR count). The predicted octanol–water partition coefficient (Wildman–Crippen LogP) is 3.09. The third kappa shape index (κ3) is 3.58. The van der Waals surface area contributed by atoms with Crippen LogP contribution in [0.1, 0.15) is 33.6 Å². The second-order valence-electron chi connectivity index (χ2n) is 6.05. The van der Waals surface area contributed by atoms with Crippen LogP contribution in [0.25, 0.3) is 0 Å². The highest BCUT2D eigenvalue weighted by atomic mass is 19.2. The maximum absolute atomic E-state index is 14.2. The Morgan fingerprint density at radius 3 is 2.61 bits per heavy atom. The highest BCUT2D eigenvalue weighted by molar-refractivity contribution is 6.02. The number of hydrogen-bond acceptors (Lipinski definition) is 3. The number of fused-ring (bicyclic) bond motifs is 1. The van der Waals surface area contributed by atoms with Gasteiger partial charge in [-0.15, -0.1) is 0 Å². The molecule has 2 aliphatic heterocycles. The fourth-order valence-corrected chi connectivity index (χ4v) is 3.11. The Hall–Kier alpha value is -1.82. The molecular formula is C17H22F2N2O2. The van der Waals surface area contributed by atoms with Crippen molar-refractivity contribution in [3.63, 3.8) is 0 Å². The fourth-order valence-electron chi connectivity index (χ4n) is 3.11. The number of halogens is 2. The first-order valence-electron chi connectivity index (χ1n) is 7.82. The molecular weight excluding hydrogens is 302 g/mol. The van der Waals surface area contributed by atoms with Gasteiger partial charge in [-0.25, -0.2) is 13.8 Å². The summed E-state index contributed by atoms with van der Waals surface area (Å²) in [5.41, 5.74) is 0.0871. The first kappa shape index (κ1) is 17.5. The summed E-state index contributed by atoms with van der Waals surface area (Å²) in [5.74, 6) is -2.10. The molecule has 2 heterocycles. The summed E-state index contributed by atoms with van der Waals surface area (Å²) in [5, 5.41) is 3.11. The number of carbonyl (C=O) groups excluding carboxylic acids is 2. The second kappa shape index (κ2) is 7.17. The topological polar surface area (TPSA) is 40.6 Å². The lowest BCUT2D eigenvalue weighted by Crippen LogP contribution is -2.57. The van der Waals surface area contributed by atoms with Crippen LogP contribution in [0.2, 0.25) is 0 Å². The van der Waals surface area contributed by atoms with Gasteiger partial charge in [0, 0.05) is 12.1 Å². The predicted molar refractivity (Wildman–Crippen MR) is 83.4 cm³/mol. The Morgan fingerprint density at radius 1 is 1.30 bits per heavy atom. The Morgan fingerprint density at radius 2 is 2.00 bits per heavy atom. The first-order chi connectivity index (χ1) is 10.9. The number of Topliss-reactive ketones (excluding diaryl/α,β-unsaturated/α-hetero) is 1. The van der Waals surface area contributed by atoms with E-state index in [4.69, 9.17) is 0 Å². The minimum absolute atomic E-state index is 0.0766. The van der Waals surface area contributed by atoms with Crippen LogP contribution in [0.5, 0.6) is 0 Å². The Balaban J connectivity index is 2.31. The summed E-state index contributed by atoms with van der Waals surface area (Å²) >= 11 is 0. The molecule has 0 N–H and O–H groups in total. The summed E-state index contributed by atoms with van der Waals surface area (Å²) in [6, 6.07) is -0.329. The van der Waals surface area contributed by atoms with Gasteiger partial charge in [-0.3, -0.25) is 14.6 Å². The van der Waals surface area contributed by atoms with Gasteiger partial charge in [-0.1, -0.05) is 19.1 Å². The molecule has 0 radical (unpaired) electrons. The molecule has 126 valence electrons. The number of carbonyl (C=O) groups is 2. The van der Waals surface area contributed by atoms with Crippen molar-refractivity contribution in [1.29, 1.82) is 0 Å². The number of nitrogens with zero attached hydrogens (tertiary/aromatic N) is 2. The van der Waals surface area contributed by atoms with E-state index in [0.29, 0.717) is 13.0 Å². The van der Waals surface area contributed by atoms with Crippen molar-refractivity contribution in [3.8, 4) is 0 Å². The van der Waals surface area contributed by atoms with Gasteiger partial charge in [-0.2, -0.15) is 0 Å². The number of amides is 1. The van der Waals surface area contributed by atoms with Crippen LogP contribution in [0.4, 0.5) is 8.78 Å². The molecule has 1 amide bonds. The molecule has 0 aromatic rings. The molecule has 0 aliphatic carbocycles. The van der Waals surface area contributed by atoms with E-state index < -0.39 is 11.7 Å². The molecule has 0 aromatic heterocycles. The summed E-state index contributed by atoms with van der Waals surface area (Å²) < 4.78 is 27.8. The van der Waals surface area contributed by atoms with E-state index in [9.17, 15) is 18.4 Å². The zero-order valence-corrected chi connectivity index (χ0v) is 13.7. The largest absolute Gasteiger partial charge is 0.297 e. The minimum atomic E-state index is -0.973. The van der Waals surface area contributed by atoms with Crippen molar-refractivity contribution in [3.05, 3.63) is 35.5 Å². The van der Waals surface area contributed by atoms with Gasteiger partial charge in [-0.05, 0) is 32.3 Å². The number of hydrogen-bond donors (Lipinski definition) is 0. The van der Waals surface area contributed by atoms with Crippen LogP contribution in [0.15, 0.2) is 35.5 Å². The first-order valence-corrected chi connectivity index (χ1v) is 7.82. The van der Waals surface area contributed by atoms with Crippen LogP contribution < -0.4 is 0 Å². The second-order valence-corrected chi connectivity index (χ2v) is 6.05. The van der Waals surface area contributed by atoms with E-state index in [1.54, 1.807) is 18.0 Å². The van der Waals surface area contributed by atoms with Crippen LogP contribution in [0.3, 0.4) is 0 Å². The zero-order chi connectivity index (χ0) is 17.1. The van der Waals surface area contributed by atoms with Crippen molar-refractivity contribution in [2.45, 2.75) is 39.7 Å². The van der Waals surface area contributed by atoms with Gasteiger partial charge < -0.3 is 0 Å². The van der Waals surface area contributed by atoms with E-state index >= 15 is 0 Å². The van der Waals surface area contributed by atoms with Crippen molar-refractivity contribution >= 4 is 11.7 Å². The zero-order valence-electron chi connectivity index (χ0n) is 13.7. The molecule has 0 aromatic carbocycles. The van der Waals surface area contributed by atoms with Crippen molar-refractivity contribution in [1.82, 2.24) is 10.0 Å². The summed E-state index contributed by atoms with van der Waals surface area (Å²) in [4.78, 5) is 24.3. The van der Waals surface area contributed by atoms with Crippen molar-refractivity contribution < 1.29 is 18.4 Å². The highest BCUT2D eigenvalue weighted by Crippen LogP contribution is 2.31. The molecule has 2 saturated heterocycles. The SMILES string of the molecule is C\C=C/C(CN1C(=O)CC(=O)C2CC(C)CN21)=C(F)\C(F)=C/C.